The molecule has 0 aromatic heterocycles. The highest BCUT2D eigenvalue weighted by Gasteiger charge is 2.44. The second-order valence-electron chi connectivity index (χ2n) is 5.78. The molecule has 1 aromatic rings. The number of carboxylic acid groups (broad SMARTS) is 1. The van der Waals surface area contributed by atoms with Crippen molar-refractivity contribution in [2.75, 3.05) is 6.61 Å². The molecular weight excluding hydrogens is 240 g/mol. The van der Waals surface area contributed by atoms with E-state index in [-0.39, 0.29) is 0 Å². The van der Waals surface area contributed by atoms with Crippen LogP contribution in [0.3, 0.4) is 0 Å². The van der Waals surface area contributed by atoms with E-state index in [9.17, 15) is 9.90 Å². The summed E-state index contributed by atoms with van der Waals surface area (Å²) in [7, 11) is 0. The average molecular weight is 260 g/mol. The number of carboxylic acids is 1. The van der Waals surface area contributed by atoms with Gasteiger partial charge in [0.05, 0.1) is 12.0 Å². The fourth-order valence-electron chi connectivity index (χ4n) is 3.78. The summed E-state index contributed by atoms with van der Waals surface area (Å²) in [6.45, 7) is 2.72. The van der Waals surface area contributed by atoms with E-state index < -0.39 is 11.4 Å². The van der Waals surface area contributed by atoms with Crippen molar-refractivity contribution in [3.63, 3.8) is 0 Å². The van der Waals surface area contributed by atoms with E-state index in [2.05, 4.69) is 0 Å². The Labute approximate surface area is 113 Å². The van der Waals surface area contributed by atoms with Crippen molar-refractivity contribution < 1.29 is 14.6 Å². The van der Waals surface area contributed by atoms with Crippen LogP contribution in [0.4, 0.5) is 0 Å². The van der Waals surface area contributed by atoms with E-state index in [1.54, 1.807) is 0 Å². The maximum absolute atomic E-state index is 12.0. The second kappa shape index (κ2) is 4.55. The zero-order valence-corrected chi connectivity index (χ0v) is 11.4. The molecule has 0 amide bonds. The smallest absolute Gasteiger partial charge is 0.314 e. The molecule has 0 radical (unpaired) electrons. The standard InChI is InChI=1S/C16H20O3/c1-11-5-6-13-12(7-10-19-13)14(11)16(15(17)18)8-3-2-4-9-16/h5-6H,2-4,7-10H2,1H3,(H,17,18). The highest BCUT2D eigenvalue weighted by atomic mass is 16.5. The van der Waals surface area contributed by atoms with Crippen molar-refractivity contribution in [2.45, 2.75) is 50.9 Å². The number of aryl methyl sites for hydroxylation is 1. The van der Waals surface area contributed by atoms with Gasteiger partial charge in [-0.3, -0.25) is 4.79 Å². The average Bonchev–Trinajstić information content (AvgIpc) is 2.87. The minimum Gasteiger partial charge on any atom is -0.493 e. The van der Waals surface area contributed by atoms with Gasteiger partial charge >= 0.3 is 5.97 Å². The number of hydrogen-bond acceptors (Lipinski definition) is 2. The van der Waals surface area contributed by atoms with Gasteiger partial charge in [-0.1, -0.05) is 25.3 Å². The summed E-state index contributed by atoms with van der Waals surface area (Å²) < 4.78 is 5.62. The Morgan fingerprint density at radius 3 is 2.68 bits per heavy atom. The molecule has 1 heterocycles. The maximum atomic E-state index is 12.0. The molecule has 1 aliphatic heterocycles. The van der Waals surface area contributed by atoms with Crippen molar-refractivity contribution in [1.29, 1.82) is 0 Å². The molecule has 0 saturated heterocycles. The summed E-state index contributed by atoms with van der Waals surface area (Å²) in [5, 5.41) is 9.86. The lowest BCUT2D eigenvalue weighted by atomic mass is 9.66. The molecule has 0 bridgehead atoms. The molecule has 0 atom stereocenters. The SMILES string of the molecule is Cc1ccc2c(c1C1(C(=O)O)CCCCC1)CCO2. The van der Waals surface area contributed by atoms with Gasteiger partial charge in [0.25, 0.3) is 0 Å². The third-order valence-electron chi connectivity index (χ3n) is 4.68. The highest BCUT2D eigenvalue weighted by Crippen LogP contribution is 2.45. The molecule has 3 rings (SSSR count). The number of fused-ring (bicyclic) bond motifs is 1. The maximum Gasteiger partial charge on any atom is 0.314 e. The van der Waals surface area contributed by atoms with E-state index in [1.165, 1.54) is 0 Å². The summed E-state index contributed by atoms with van der Waals surface area (Å²) in [4.78, 5) is 12.0. The summed E-state index contributed by atoms with van der Waals surface area (Å²) in [5.41, 5.74) is 2.62. The van der Waals surface area contributed by atoms with Crippen molar-refractivity contribution >= 4 is 5.97 Å². The molecule has 1 N–H and O–H groups in total. The van der Waals surface area contributed by atoms with Crippen LogP contribution >= 0.6 is 0 Å². The Morgan fingerprint density at radius 1 is 1.26 bits per heavy atom. The minimum atomic E-state index is -0.679. The van der Waals surface area contributed by atoms with Gasteiger partial charge in [0.2, 0.25) is 0 Å². The monoisotopic (exact) mass is 260 g/mol. The van der Waals surface area contributed by atoms with Crippen LogP contribution in [0.1, 0.15) is 48.8 Å². The lowest BCUT2D eigenvalue weighted by Gasteiger charge is -2.36. The molecule has 1 fully saturated rings. The number of carbonyl (C=O) groups is 1. The normalized spacial score (nSPS) is 20.7. The van der Waals surface area contributed by atoms with Gasteiger partial charge in [-0.25, -0.2) is 0 Å². The van der Waals surface area contributed by atoms with Crippen LogP contribution in [0.5, 0.6) is 5.75 Å². The quantitative estimate of drug-likeness (QED) is 0.888. The third-order valence-corrected chi connectivity index (χ3v) is 4.68. The van der Waals surface area contributed by atoms with E-state index in [4.69, 9.17) is 4.74 Å². The first-order valence-electron chi connectivity index (χ1n) is 7.14. The number of rotatable bonds is 2. The molecule has 3 nitrogen and oxygen atoms in total. The largest absolute Gasteiger partial charge is 0.493 e. The van der Waals surface area contributed by atoms with E-state index in [0.29, 0.717) is 6.61 Å². The van der Waals surface area contributed by atoms with Gasteiger partial charge in [-0.05, 0) is 37.0 Å². The summed E-state index contributed by atoms with van der Waals surface area (Å²) in [6, 6.07) is 4.00. The number of hydrogen-bond donors (Lipinski definition) is 1. The topological polar surface area (TPSA) is 46.5 Å². The number of aliphatic carboxylic acids is 1. The van der Waals surface area contributed by atoms with Crippen LogP contribution < -0.4 is 4.74 Å². The van der Waals surface area contributed by atoms with Crippen LogP contribution in [0.2, 0.25) is 0 Å². The van der Waals surface area contributed by atoms with Crippen LogP contribution in [0, 0.1) is 6.92 Å². The molecular formula is C16H20O3. The van der Waals surface area contributed by atoms with Crippen molar-refractivity contribution in [2.24, 2.45) is 0 Å². The molecule has 0 spiro atoms. The van der Waals surface area contributed by atoms with Gasteiger partial charge in [0, 0.05) is 12.0 Å². The zero-order chi connectivity index (χ0) is 13.5. The summed E-state index contributed by atoms with van der Waals surface area (Å²) >= 11 is 0. The second-order valence-corrected chi connectivity index (χ2v) is 5.78. The first-order chi connectivity index (χ1) is 9.15. The van der Waals surface area contributed by atoms with Gasteiger partial charge < -0.3 is 9.84 Å². The lowest BCUT2D eigenvalue weighted by Crippen LogP contribution is -2.39. The van der Waals surface area contributed by atoms with Crippen molar-refractivity contribution in [3.05, 3.63) is 28.8 Å². The Bertz CT molecular complexity index is 513. The van der Waals surface area contributed by atoms with Gasteiger partial charge in [0.15, 0.2) is 0 Å². The van der Waals surface area contributed by atoms with Gasteiger partial charge in [-0.2, -0.15) is 0 Å². The summed E-state index contributed by atoms with van der Waals surface area (Å²) in [6.07, 6.45) is 5.55. The third kappa shape index (κ3) is 1.83. The van der Waals surface area contributed by atoms with Gasteiger partial charge in [-0.15, -0.1) is 0 Å². The van der Waals surface area contributed by atoms with Crippen molar-refractivity contribution in [3.8, 4) is 5.75 Å². The molecule has 2 aliphatic rings. The molecule has 0 unspecified atom stereocenters. The minimum absolute atomic E-state index is 0.657. The first kappa shape index (κ1) is 12.5. The lowest BCUT2D eigenvalue weighted by molar-refractivity contribution is -0.145. The Kier molecular flexibility index (Phi) is 3.00. The van der Waals surface area contributed by atoms with Crippen LogP contribution in [-0.2, 0) is 16.6 Å². The molecule has 1 saturated carbocycles. The number of ether oxygens (including phenoxy) is 1. The first-order valence-corrected chi connectivity index (χ1v) is 7.14. The van der Waals surface area contributed by atoms with Crippen LogP contribution in [0.25, 0.3) is 0 Å². The Morgan fingerprint density at radius 2 is 2.00 bits per heavy atom. The van der Waals surface area contributed by atoms with E-state index in [1.807, 2.05) is 19.1 Å². The van der Waals surface area contributed by atoms with E-state index >= 15 is 0 Å². The predicted octanol–water partition coefficient (Wildman–Crippen LogP) is 3.22. The Balaban J connectivity index is 2.18. The number of benzene rings is 1. The van der Waals surface area contributed by atoms with Crippen LogP contribution in [0.15, 0.2) is 12.1 Å². The summed E-state index contributed by atoms with van der Waals surface area (Å²) in [5.74, 6) is 0.238. The molecule has 1 aromatic carbocycles. The fraction of sp³-hybridized carbons (Fsp3) is 0.562. The van der Waals surface area contributed by atoms with Crippen LogP contribution in [-0.4, -0.2) is 17.7 Å². The fourth-order valence-corrected chi connectivity index (χ4v) is 3.78. The zero-order valence-electron chi connectivity index (χ0n) is 11.4. The van der Waals surface area contributed by atoms with Crippen molar-refractivity contribution in [1.82, 2.24) is 0 Å². The van der Waals surface area contributed by atoms with Gasteiger partial charge in [0.1, 0.15) is 5.75 Å². The van der Waals surface area contributed by atoms with E-state index in [0.717, 1.165) is 61.0 Å². The highest BCUT2D eigenvalue weighted by molar-refractivity contribution is 5.83. The molecule has 1 aliphatic carbocycles. The molecule has 102 valence electrons. The molecule has 3 heteroatoms. The predicted molar refractivity (Wildman–Crippen MR) is 72.8 cm³/mol. The Hall–Kier alpha value is -1.51. The molecule has 19 heavy (non-hydrogen) atoms.